The Bertz CT molecular complexity index is 1240. The Kier molecular flexibility index (Phi) is 9.06. The van der Waals surface area contributed by atoms with Crippen molar-refractivity contribution >= 4 is 23.4 Å². The molecule has 0 atom stereocenters. The minimum Gasteiger partial charge on any atom is -0.318 e. The van der Waals surface area contributed by atoms with Crippen molar-refractivity contribution in [3.8, 4) is 11.1 Å². The van der Waals surface area contributed by atoms with E-state index in [4.69, 9.17) is 9.68 Å². The molecule has 0 saturated heterocycles. The average molecular weight is 557 g/mol. The minimum atomic E-state index is -0.205. The van der Waals surface area contributed by atoms with Crippen LogP contribution in [0.4, 0.5) is 0 Å². The summed E-state index contributed by atoms with van der Waals surface area (Å²) in [6.07, 6.45) is 12.2. The SMILES string of the molecule is CCC1(CC)c2cc(/C(C)=N/OC(=O)C3CCCCC3)ccc2-c2ccc(/C(C)=N/OC(=O)C3CCCCC3)cc21. The third kappa shape index (κ3) is 5.89. The van der Waals surface area contributed by atoms with Crippen molar-refractivity contribution in [2.45, 2.75) is 110 Å². The van der Waals surface area contributed by atoms with Crippen LogP contribution < -0.4 is 0 Å². The molecular weight excluding hydrogens is 512 g/mol. The summed E-state index contributed by atoms with van der Waals surface area (Å²) in [5, 5.41) is 8.52. The Morgan fingerprint density at radius 1 is 0.683 bits per heavy atom. The predicted molar refractivity (Wildman–Crippen MR) is 163 cm³/mol. The largest absolute Gasteiger partial charge is 0.338 e. The molecule has 3 aliphatic rings. The normalized spacial score (nSPS) is 19.4. The molecule has 0 radical (unpaired) electrons. The van der Waals surface area contributed by atoms with Crippen molar-refractivity contribution in [3.63, 3.8) is 0 Å². The maximum absolute atomic E-state index is 12.6. The highest BCUT2D eigenvalue weighted by Gasteiger charge is 2.41. The van der Waals surface area contributed by atoms with Gasteiger partial charge in [0.25, 0.3) is 0 Å². The number of oxime groups is 2. The molecule has 2 saturated carbocycles. The first kappa shape index (κ1) is 29.2. The number of hydrogen-bond donors (Lipinski definition) is 0. The lowest BCUT2D eigenvalue weighted by Gasteiger charge is -2.30. The number of fused-ring (bicyclic) bond motifs is 3. The van der Waals surface area contributed by atoms with Gasteiger partial charge in [-0.1, -0.05) is 86.9 Å². The van der Waals surface area contributed by atoms with E-state index >= 15 is 0 Å². The van der Waals surface area contributed by atoms with Gasteiger partial charge in [-0.3, -0.25) is 0 Å². The second-order valence-corrected chi connectivity index (χ2v) is 12.2. The van der Waals surface area contributed by atoms with E-state index in [0.717, 1.165) is 75.3 Å². The second kappa shape index (κ2) is 12.7. The highest BCUT2D eigenvalue weighted by Crippen LogP contribution is 2.53. The van der Waals surface area contributed by atoms with Gasteiger partial charge in [0.1, 0.15) is 0 Å². The van der Waals surface area contributed by atoms with Crippen molar-refractivity contribution in [1.82, 2.24) is 0 Å². The monoisotopic (exact) mass is 556 g/mol. The van der Waals surface area contributed by atoms with Gasteiger partial charge in [0, 0.05) is 5.41 Å². The molecule has 41 heavy (non-hydrogen) atoms. The van der Waals surface area contributed by atoms with Crippen LogP contribution in [0.2, 0.25) is 0 Å². The van der Waals surface area contributed by atoms with Crippen LogP contribution >= 0.6 is 0 Å². The average Bonchev–Trinajstić information content (AvgIpc) is 3.31. The van der Waals surface area contributed by atoms with Crippen LogP contribution in [0.15, 0.2) is 46.7 Å². The van der Waals surface area contributed by atoms with Crippen LogP contribution in [0.1, 0.15) is 127 Å². The van der Waals surface area contributed by atoms with Crippen LogP contribution in [0.5, 0.6) is 0 Å². The molecule has 6 heteroatoms. The van der Waals surface area contributed by atoms with Crippen LogP contribution in [0, 0.1) is 11.8 Å². The summed E-state index contributed by atoms with van der Waals surface area (Å²) < 4.78 is 0. The van der Waals surface area contributed by atoms with E-state index in [2.05, 4.69) is 60.6 Å². The van der Waals surface area contributed by atoms with E-state index in [1.807, 2.05) is 13.8 Å². The smallest absolute Gasteiger partial charge is 0.318 e. The molecule has 0 unspecified atom stereocenters. The fourth-order valence-corrected chi connectivity index (χ4v) is 7.12. The zero-order valence-corrected chi connectivity index (χ0v) is 25.1. The molecule has 5 rings (SSSR count). The van der Waals surface area contributed by atoms with Crippen LogP contribution in [-0.2, 0) is 24.7 Å². The number of carbonyl (C=O) groups excluding carboxylic acids is 2. The highest BCUT2D eigenvalue weighted by molar-refractivity contribution is 6.02. The maximum atomic E-state index is 12.6. The van der Waals surface area contributed by atoms with Crippen LogP contribution in [0.25, 0.3) is 11.1 Å². The van der Waals surface area contributed by atoms with Gasteiger partial charge in [-0.2, -0.15) is 0 Å². The number of rotatable bonds is 8. The molecular formula is C35H44N2O4. The van der Waals surface area contributed by atoms with Crippen molar-refractivity contribution in [1.29, 1.82) is 0 Å². The molecule has 2 fully saturated rings. The zero-order valence-electron chi connectivity index (χ0n) is 25.1. The summed E-state index contributed by atoms with van der Waals surface area (Å²) >= 11 is 0. The molecule has 2 aromatic carbocycles. The van der Waals surface area contributed by atoms with E-state index in [0.29, 0.717) is 11.4 Å². The van der Waals surface area contributed by atoms with Gasteiger partial charge in [-0.25, -0.2) is 9.59 Å². The summed E-state index contributed by atoms with van der Waals surface area (Å²) in [5.41, 5.74) is 8.19. The van der Waals surface area contributed by atoms with E-state index in [1.165, 1.54) is 35.1 Å². The lowest BCUT2D eigenvalue weighted by Crippen LogP contribution is -2.24. The first-order valence-electron chi connectivity index (χ1n) is 15.7. The quantitative estimate of drug-likeness (QED) is 0.186. The Hall–Kier alpha value is -3.28. The molecule has 0 spiro atoms. The molecule has 0 N–H and O–H groups in total. The topological polar surface area (TPSA) is 77.3 Å². The fraction of sp³-hybridized carbons (Fsp3) is 0.543. The Labute approximate surface area is 244 Å². The van der Waals surface area contributed by atoms with Crippen molar-refractivity contribution < 1.29 is 19.3 Å². The van der Waals surface area contributed by atoms with Gasteiger partial charge in [0.15, 0.2) is 0 Å². The first-order valence-corrected chi connectivity index (χ1v) is 15.7. The summed E-state index contributed by atoms with van der Waals surface area (Å²) in [7, 11) is 0. The molecule has 0 bridgehead atoms. The molecule has 0 aliphatic heterocycles. The zero-order chi connectivity index (χ0) is 29.0. The molecule has 218 valence electrons. The fourth-order valence-electron chi connectivity index (χ4n) is 7.12. The van der Waals surface area contributed by atoms with E-state index < -0.39 is 0 Å². The molecule has 3 aliphatic carbocycles. The number of nitrogens with zero attached hydrogens (tertiary/aromatic N) is 2. The van der Waals surface area contributed by atoms with Gasteiger partial charge in [0.2, 0.25) is 0 Å². The predicted octanol–water partition coefficient (Wildman–Crippen LogP) is 8.47. The minimum absolute atomic E-state index is 0.0281. The number of benzene rings is 2. The van der Waals surface area contributed by atoms with Gasteiger partial charge in [-0.05, 0) is 97.9 Å². The Morgan fingerprint density at radius 3 is 1.44 bits per heavy atom. The molecule has 6 nitrogen and oxygen atoms in total. The van der Waals surface area contributed by atoms with Crippen LogP contribution in [-0.4, -0.2) is 23.4 Å². The number of carbonyl (C=O) groups is 2. The first-order chi connectivity index (χ1) is 19.9. The third-order valence-corrected chi connectivity index (χ3v) is 9.83. The van der Waals surface area contributed by atoms with E-state index in [1.54, 1.807) is 0 Å². The molecule has 0 amide bonds. The van der Waals surface area contributed by atoms with E-state index in [9.17, 15) is 9.59 Å². The standard InChI is InChI=1S/C35H44N2O4/c1-5-35(6-2)31-21-27(23(3)36-40-33(38)25-13-9-7-10-14-25)17-19-29(31)30-20-18-28(22-32(30)35)24(4)37-41-34(39)26-15-11-8-12-16-26/h17-22,25-26H,5-16H2,1-4H3/b36-23+,37-24+. The van der Waals surface area contributed by atoms with Gasteiger partial charge >= 0.3 is 11.9 Å². The summed E-state index contributed by atoms with van der Waals surface area (Å²) in [4.78, 5) is 35.9. The highest BCUT2D eigenvalue weighted by atomic mass is 16.7. The molecule has 0 aromatic heterocycles. The lowest BCUT2D eigenvalue weighted by atomic mass is 9.73. The molecule has 2 aromatic rings. The second-order valence-electron chi connectivity index (χ2n) is 12.2. The molecule has 0 heterocycles. The summed E-state index contributed by atoms with van der Waals surface area (Å²) in [6, 6.07) is 12.9. The van der Waals surface area contributed by atoms with Crippen molar-refractivity contribution in [2.24, 2.45) is 22.1 Å². The lowest BCUT2D eigenvalue weighted by molar-refractivity contribution is -0.150. The van der Waals surface area contributed by atoms with Crippen molar-refractivity contribution in [3.05, 3.63) is 58.7 Å². The number of hydrogen-bond acceptors (Lipinski definition) is 6. The van der Waals surface area contributed by atoms with Gasteiger partial charge in [0.05, 0.1) is 23.3 Å². The van der Waals surface area contributed by atoms with Gasteiger partial charge in [-0.15, -0.1) is 0 Å². The van der Waals surface area contributed by atoms with Crippen LogP contribution in [0.3, 0.4) is 0 Å². The maximum Gasteiger partial charge on any atom is 0.338 e. The van der Waals surface area contributed by atoms with Gasteiger partial charge < -0.3 is 9.68 Å². The van der Waals surface area contributed by atoms with E-state index in [-0.39, 0.29) is 29.2 Å². The third-order valence-electron chi connectivity index (χ3n) is 9.83. The summed E-state index contributed by atoms with van der Waals surface area (Å²) in [5.74, 6) is -0.467. The van der Waals surface area contributed by atoms with Crippen molar-refractivity contribution in [2.75, 3.05) is 0 Å². The Morgan fingerprint density at radius 2 is 1.07 bits per heavy atom. The Balaban J connectivity index is 1.38. The summed E-state index contributed by atoms with van der Waals surface area (Å²) in [6.45, 7) is 8.29.